The maximum Gasteiger partial charge on any atom is 0.257 e. The number of para-hydroxylation sites is 1. The van der Waals surface area contributed by atoms with E-state index in [9.17, 15) is 4.79 Å². The largest absolute Gasteiger partial charge is 0.495 e. The SMILES string of the molecule is COc1ccc(C)cc1NC(=O)c1c(C)nc2ccccc2c1C. The number of ether oxygens (including phenoxy) is 1. The minimum atomic E-state index is -0.174. The average molecular weight is 320 g/mol. The lowest BCUT2D eigenvalue weighted by Gasteiger charge is -2.14. The van der Waals surface area contributed by atoms with Gasteiger partial charge in [-0.25, -0.2) is 0 Å². The van der Waals surface area contributed by atoms with Gasteiger partial charge in [0.25, 0.3) is 5.91 Å². The van der Waals surface area contributed by atoms with Crippen molar-refractivity contribution < 1.29 is 9.53 Å². The van der Waals surface area contributed by atoms with Crippen LogP contribution >= 0.6 is 0 Å². The third-order valence-electron chi connectivity index (χ3n) is 4.16. The average Bonchev–Trinajstić information content (AvgIpc) is 2.55. The number of carbonyl (C=O) groups excluding carboxylic acids is 1. The van der Waals surface area contributed by atoms with Crippen molar-refractivity contribution in [2.24, 2.45) is 0 Å². The molecule has 0 unspecified atom stereocenters. The Hall–Kier alpha value is -2.88. The van der Waals surface area contributed by atoms with Crippen LogP contribution in [0.4, 0.5) is 5.69 Å². The van der Waals surface area contributed by atoms with Gasteiger partial charge in [0.2, 0.25) is 0 Å². The van der Waals surface area contributed by atoms with Crippen LogP contribution in [0.25, 0.3) is 10.9 Å². The number of hydrogen-bond acceptors (Lipinski definition) is 3. The number of nitrogens with one attached hydrogen (secondary N) is 1. The smallest absolute Gasteiger partial charge is 0.257 e. The van der Waals surface area contributed by atoms with Crippen molar-refractivity contribution in [2.75, 3.05) is 12.4 Å². The molecule has 0 saturated carbocycles. The number of anilines is 1. The first-order chi connectivity index (χ1) is 11.5. The monoisotopic (exact) mass is 320 g/mol. The lowest BCUT2D eigenvalue weighted by Crippen LogP contribution is -2.16. The van der Waals surface area contributed by atoms with E-state index in [0.717, 1.165) is 27.7 Å². The highest BCUT2D eigenvalue weighted by molar-refractivity contribution is 6.09. The standard InChI is InChI=1S/C20H20N2O2/c1-12-9-10-18(24-4)17(11-12)22-20(23)19-13(2)15-7-5-6-8-16(15)21-14(19)3/h5-11H,1-4H3,(H,22,23). The highest BCUT2D eigenvalue weighted by Gasteiger charge is 2.17. The summed E-state index contributed by atoms with van der Waals surface area (Å²) < 4.78 is 5.34. The van der Waals surface area contributed by atoms with E-state index in [1.165, 1.54) is 0 Å². The maximum absolute atomic E-state index is 12.9. The van der Waals surface area contributed by atoms with Crippen molar-refractivity contribution in [3.63, 3.8) is 0 Å². The van der Waals surface area contributed by atoms with Crippen LogP contribution in [0.2, 0.25) is 0 Å². The summed E-state index contributed by atoms with van der Waals surface area (Å²) in [7, 11) is 1.59. The highest BCUT2D eigenvalue weighted by atomic mass is 16.5. The van der Waals surface area contributed by atoms with E-state index < -0.39 is 0 Å². The molecule has 0 fully saturated rings. The Balaban J connectivity index is 2.05. The number of methoxy groups -OCH3 is 1. The van der Waals surface area contributed by atoms with Crippen LogP contribution in [0.3, 0.4) is 0 Å². The second-order valence-electron chi connectivity index (χ2n) is 5.87. The number of aromatic nitrogens is 1. The van der Waals surface area contributed by atoms with Crippen LogP contribution in [0.15, 0.2) is 42.5 Å². The molecular formula is C20H20N2O2. The number of amides is 1. The van der Waals surface area contributed by atoms with Crippen LogP contribution in [0, 0.1) is 20.8 Å². The lowest BCUT2D eigenvalue weighted by atomic mass is 10.0. The minimum absolute atomic E-state index is 0.174. The van der Waals surface area contributed by atoms with Crippen molar-refractivity contribution >= 4 is 22.5 Å². The van der Waals surface area contributed by atoms with Gasteiger partial charge >= 0.3 is 0 Å². The number of aryl methyl sites for hydroxylation is 3. The molecule has 1 N–H and O–H groups in total. The Morgan fingerprint density at radius 1 is 1.08 bits per heavy atom. The molecule has 3 rings (SSSR count). The molecule has 1 aromatic heterocycles. The van der Waals surface area contributed by atoms with Gasteiger partial charge in [-0.1, -0.05) is 24.3 Å². The zero-order valence-electron chi connectivity index (χ0n) is 14.3. The Morgan fingerprint density at radius 3 is 2.58 bits per heavy atom. The predicted molar refractivity (Wildman–Crippen MR) is 96.9 cm³/mol. The predicted octanol–water partition coefficient (Wildman–Crippen LogP) is 4.42. The van der Waals surface area contributed by atoms with Crippen molar-refractivity contribution in [3.05, 3.63) is 64.8 Å². The van der Waals surface area contributed by atoms with E-state index in [-0.39, 0.29) is 5.91 Å². The van der Waals surface area contributed by atoms with E-state index in [1.54, 1.807) is 7.11 Å². The van der Waals surface area contributed by atoms with Gasteiger partial charge in [0.05, 0.1) is 29.6 Å². The zero-order chi connectivity index (χ0) is 17.3. The molecule has 1 amide bonds. The Bertz CT molecular complexity index is 932. The molecule has 2 aromatic carbocycles. The summed E-state index contributed by atoms with van der Waals surface area (Å²) in [5.41, 5.74) is 4.87. The summed E-state index contributed by atoms with van der Waals surface area (Å²) in [6, 6.07) is 13.5. The molecule has 122 valence electrons. The molecule has 0 aliphatic rings. The van der Waals surface area contributed by atoms with Crippen molar-refractivity contribution in [3.8, 4) is 5.75 Å². The topological polar surface area (TPSA) is 51.2 Å². The van der Waals surface area contributed by atoms with Gasteiger partial charge in [-0.15, -0.1) is 0 Å². The van der Waals surface area contributed by atoms with Gasteiger partial charge in [0, 0.05) is 5.39 Å². The maximum atomic E-state index is 12.9. The molecular weight excluding hydrogens is 300 g/mol. The Labute approximate surface area is 141 Å². The summed E-state index contributed by atoms with van der Waals surface area (Å²) in [5, 5.41) is 3.95. The third kappa shape index (κ3) is 2.83. The fraction of sp³-hybridized carbons (Fsp3) is 0.200. The molecule has 0 aliphatic heterocycles. The van der Waals surface area contributed by atoms with E-state index in [4.69, 9.17) is 4.74 Å². The molecule has 0 aliphatic carbocycles. The first kappa shape index (κ1) is 16.0. The fourth-order valence-corrected chi connectivity index (χ4v) is 2.97. The number of benzene rings is 2. The number of fused-ring (bicyclic) bond motifs is 1. The number of pyridine rings is 1. The second kappa shape index (κ2) is 6.32. The van der Waals surface area contributed by atoms with Crippen LogP contribution in [-0.4, -0.2) is 18.0 Å². The minimum Gasteiger partial charge on any atom is -0.495 e. The molecule has 0 bridgehead atoms. The molecule has 0 radical (unpaired) electrons. The van der Waals surface area contributed by atoms with Gasteiger partial charge in [-0.05, 0) is 50.1 Å². The fourth-order valence-electron chi connectivity index (χ4n) is 2.97. The Morgan fingerprint density at radius 2 is 1.83 bits per heavy atom. The molecule has 0 atom stereocenters. The third-order valence-corrected chi connectivity index (χ3v) is 4.16. The molecule has 3 aromatic rings. The molecule has 4 nitrogen and oxygen atoms in total. The summed E-state index contributed by atoms with van der Waals surface area (Å²) in [5.74, 6) is 0.463. The zero-order valence-corrected chi connectivity index (χ0v) is 14.3. The van der Waals surface area contributed by atoms with Crippen LogP contribution in [0.1, 0.15) is 27.2 Å². The van der Waals surface area contributed by atoms with Gasteiger partial charge in [0.15, 0.2) is 0 Å². The first-order valence-corrected chi connectivity index (χ1v) is 7.83. The van der Waals surface area contributed by atoms with Crippen LogP contribution in [0.5, 0.6) is 5.75 Å². The quantitative estimate of drug-likeness (QED) is 0.777. The van der Waals surface area contributed by atoms with Gasteiger partial charge in [-0.2, -0.15) is 0 Å². The number of rotatable bonds is 3. The summed E-state index contributed by atoms with van der Waals surface area (Å²) in [6.07, 6.45) is 0. The second-order valence-corrected chi connectivity index (χ2v) is 5.87. The van der Waals surface area contributed by atoms with E-state index >= 15 is 0 Å². The summed E-state index contributed by atoms with van der Waals surface area (Å²) in [6.45, 7) is 5.80. The van der Waals surface area contributed by atoms with Crippen molar-refractivity contribution in [1.29, 1.82) is 0 Å². The van der Waals surface area contributed by atoms with E-state index in [2.05, 4.69) is 10.3 Å². The molecule has 0 spiro atoms. The number of hydrogen-bond donors (Lipinski definition) is 1. The van der Waals surface area contributed by atoms with Crippen LogP contribution < -0.4 is 10.1 Å². The molecule has 1 heterocycles. The molecule has 4 heteroatoms. The van der Waals surface area contributed by atoms with Gasteiger partial charge < -0.3 is 10.1 Å². The van der Waals surface area contributed by atoms with Crippen molar-refractivity contribution in [1.82, 2.24) is 4.98 Å². The van der Waals surface area contributed by atoms with Gasteiger partial charge in [-0.3, -0.25) is 9.78 Å². The Kier molecular flexibility index (Phi) is 4.21. The number of nitrogens with zero attached hydrogens (tertiary/aromatic N) is 1. The summed E-state index contributed by atoms with van der Waals surface area (Å²) >= 11 is 0. The van der Waals surface area contributed by atoms with Gasteiger partial charge in [0.1, 0.15) is 5.75 Å². The first-order valence-electron chi connectivity index (χ1n) is 7.83. The normalized spacial score (nSPS) is 10.7. The summed E-state index contributed by atoms with van der Waals surface area (Å²) in [4.78, 5) is 17.4. The molecule has 0 saturated heterocycles. The van der Waals surface area contributed by atoms with E-state index in [0.29, 0.717) is 17.0 Å². The molecule has 24 heavy (non-hydrogen) atoms. The van der Waals surface area contributed by atoms with Crippen LogP contribution in [-0.2, 0) is 0 Å². The van der Waals surface area contributed by atoms with Crippen molar-refractivity contribution in [2.45, 2.75) is 20.8 Å². The number of carbonyl (C=O) groups is 1. The van der Waals surface area contributed by atoms with E-state index in [1.807, 2.05) is 63.2 Å². The lowest BCUT2D eigenvalue weighted by molar-refractivity contribution is 0.102. The highest BCUT2D eigenvalue weighted by Crippen LogP contribution is 2.28.